The van der Waals surface area contributed by atoms with Gasteiger partial charge in [-0.15, -0.1) is 0 Å². The van der Waals surface area contributed by atoms with Crippen molar-refractivity contribution in [2.75, 3.05) is 21.3 Å². The Balaban J connectivity index is 1.07. The van der Waals surface area contributed by atoms with Crippen molar-refractivity contribution >= 4 is 46.2 Å². The molecule has 11 heteroatoms. The Kier molecular flexibility index (Phi) is 9.10. The predicted octanol–water partition coefficient (Wildman–Crippen LogP) is 9.40. The number of anilines is 5. The molecule has 1 spiro atoms. The normalized spacial score (nSPS) is 21.5. The lowest BCUT2D eigenvalue weighted by molar-refractivity contribution is -0.146. The number of fused-ring (bicyclic) bond motifs is 6. The van der Waals surface area contributed by atoms with E-state index in [1.54, 1.807) is 64.9 Å². The fourth-order valence-corrected chi connectivity index (χ4v) is 9.82. The topological polar surface area (TPSA) is 129 Å². The summed E-state index contributed by atoms with van der Waals surface area (Å²) in [4.78, 5) is 48.9. The predicted molar refractivity (Wildman–Crippen MR) is 230 cm³/mol. The lowest BCUT2D eigenvalue weighted by Gasteiger charge is -2.34. The summed E-state index contributed by atoms with van der Waals surface area (Å²) < 4.78 is 19.4. The number of para-hydroxylation sites is 6. The number of rotatable bonds is 7. The van der Waals surface area contributed by atoms with Crippen molar-refractivity contribution in [3.63, 3.8) is 0 Å². The van der Waals surface area contributed by atoms with Crippen LogP contribution in [0.15, 0.2) is 140 Å². The van der Waals surface area contributed by atoms with Crippen LogP contribution in [0.3, 0.4) is 0 Å². The smallest absolute Gasteiger partial charge is 0.266 e. The molecule has 11 nitrogen and oxygen atoms in total. The summed E-state index contributed by atoms with van der Waals surface area (Å²) in [6.45, 7) is 5.29. The maximum Gasteiger partial charge on any atom is 0.266 e. The Bertz CT molecular complexity index is 2750. The van der Waals surface area contributed by atoms with Crippen LogP contribution in [0.1, 0.15) is 59.0 Å². The highest BCUT2D eigenvalue weighted by molar-refractivity contribution is 6.16. The van der Waals surface area contributed by atoms with E-state index in [-0.39, 0.29) is 37.3 Å². The molecular formula is C50H43N3O8. The molecule has 0 aromatic heterocycles. The maximum atomic E-state index is 15.3. The molecule has 4 aliphatic heterocycles. The largest absolute Gasteiger partial charge is 0.454 e. The summed E-state index contributed by atoms with van der Waals surface area (Å²) in [7, 11) is 0. The first-order valence-electron chi connectivity index (χ1n) is 20.5. The van der Waals surface area contributed by atoms with Crippen LogP contribution in [-0.4, -0.2) is 46.2 Å². The highest BCUT2D eigenvalue weighted by atomic mass is 16.5. The van der Waals surface area contributed by atoms with Gasteiger partial charge in [0.15, 0.2) is 17.1 Å². The summed E-state index contributed by atoms with van der Waals surface area (Å²) in [6, 6.07) is 42.0. The van der Waals surface area contributed by atoms with E-state index in [1.165, 1.54) is 0 Å². The summed E-state index contributed by atoms with van der Waals surface area (Å²) >= 11 is 0. The number of aliphatic hydroxyl groups excluding tert-OH is 1. The van der Waals surface area contributed by atoms with Crippen molar-refractivity contribution in [3.8, 4) is 23.0 Å². The molecule has 10 rings (SSSR count). The molecule has 3 amide bonds. The van der Waals surface area contributed by atoms with E-state index < -0.39 is 29.1 Å². The molecule has 1 saturated heterocycles. The summed E-state index contributed by atoms with van der Waals surface area (Å²) in [6.07, 6.45) is -0.437. The zero-order chi connectivity index (χ0) is 42.2. The van der Waals surface area contributed by atoms with Gasteiger partial charge in [-0.1, -0.05) is 67.6 Å². The zero-order valence-corrected chi connectivity index (χ0v) is 33.8. The van der Waals surface area contributed by atoms with Crippen LogP contribution in [0, 0.1) is 11.8 Å². The molecule has 0 bridgehead atoms. The zero-order valence-electron chi connectivity index (χ0n) is 33.8. The first-order chi connectivity index (χ1) is 29.5. The van der Waals surface area contributed by atoms with Crippen molar-refractivity contribution in [3.05, 3.63) is 162 Å². The minimum atomic E-state index is -1.56. The van der Waals surface area contributed by atoms with Gasteiger partial charge >= 0.3 is 0 Å². The van der Waals surface area contributed by atoms with Crippen molar-refractivity contribution in [1.29, 1.82) is 0 Å². The van der Waals surface area contributed by atoms with E-state index in [1.807, 2.05) is 110 Å². The van der Waals surface area contributed by atoms with Crippen LogP contribution >= 0.6 is 0 Å². The standard InChI is InChI=1S/C50H43N3O8/c1-30-45(49(2,3)58)44(26-27-54)61-50(30)36-28-33(53-39-15-7-11-19-43(39)60-41-17-9-5-13-35(41)47(53)56)24-25-37(36)51(48(50)57)29-31-20-22-32(23-21-31)52-38-14-6-10-18-42(38)59-40-16-8-4-12-34(40)46(52)55/h4-25,28,30,44-45,54,58H,26-27,29H2,1-3H3/t30-,44+,45-,50+/m0/s1. The van der Waals surface area contributed by atoms with Crippen LogP contribution in [0.2, 0.25) is 0 Å². The second-order valence-corrected chi connectivity index (χ2v) is 16.5. The number of carbonyl (C=O) groups is 3. The number of amides is 3. The number of nitrogens with zero attached hydrogens (tertiary/aromatic N) is 3. The number of hydrogen-bond acceptors (Lipinski definition) is 8. The third kappa shape index (κ3) is 6.02. The van der Waals surface area contributed by atoms with Gasteiger partial charge in [-0.2, -0.15) is 0 Å². The molecule has 0 aliphatic carbocycles. The fourth-order valence-electron chi connectivity index (χ4n) is 9.82. The van der Waals surface area contributed by atoms with Crippen LogP contribution < -0.4 is 24.2 Å². The van der Waals surface area contributed by atoms with Gasteiger partial charge in [-0.3, -0.25) is 24.2 Å². The van der Waals surface area contributed by atoms with E-state index in [2.05, 4.69) is 0 Å². The second kappa shape index (κ2) is 14.4. The second-order valence-electron chi connectivity index (χ2n) is 16.5. The maximum absolute atomic E-state index is 15.3. The van der Waals surface area contributed by atoms with E-state index in [4.69, 9.17) is 14.2 Å². The number of ether oxygens (including phenoxy) is 3. The van der Waals surface area contributed by atoms with Gasteiger partial charge in [0.25, 0.3) is 17.7 Å². The van der Waals surface area contributed by atoms with E-state index >= 15 is 4.79 Å². The van der Waals surface area contributed by atoms with Crippen molar-refractivity contribution in [2.45, 2.75) is 51.0 Å². The van der Waals surface area contributed by atoms with Gasteiger partial charge in [0, 0.05) is 35.4 Å². The molecule has 6 aromatic carbocycles. The number of carbonyl (C=O) groups excluding carboxylic acids is 3. The van der Waals surface area contributed by atoms with Gasteiger partial charge in [0.2, 0.25) is 0 Å². The molecule has 0 unspecified atom stereocenters. The van der Waals surface area contributed by atoms with Gasteiger partial charge in [-0.05, 0) is 105 Å². The molecule has 6 aromatic rings. The number of benzene rings is 6. The highest BCUT2D eigenvalue weighted by Gasteiger charge is 2.65. The van der Waals surface area contributed by atoms with E-state index in [0.29, 0.717) is 68.1 Å². The van der Waals surface area contributed by atoms with Crippen molar-refractivity contribution < 1.29 is 38.8 Å². The molecule has 4 aliphatic rings. The van der Waals surface area contributed by atoms with Crippen LogP contribution in [0.5, 0.6) is 23.0 Å². The Labute approximate surface area is 352 Å². The molecule has 306 valence electrons. The fraction of sp³-hybridized carbons (Fsp3) is 0.220. The Hall–Kier alpha value is -6.79. The molecule has 2 N–H and O–H groups in total. The summed E-state index contributed by atoms with van der Waals surface area (Å²) in [5.41, 5.74) is 2.20. The molecule has 1 fully saturated rings. The summed E-state index contributed by atoms with van der Waals surface area (Å²) in [5.74, 6) is 0.0270. The minimum absolute atomic E-state index is 0.157. The van der Waals surface area contributed by atoms with Gasteiger partial charge in [0.1, 0.15) is 11.5 Å². The van der Waals surface area contributed by atoms with Gasteiger partial charge < -0.3 is 29.3 Å². The Morgan fingerprint density at radius 1 is 0.639 bits per heavy atom. The lowest BCUT2D eigenvalue weighted by atomic mass is 9.71. The average Bonchev–Trinajstić information content (AvgIpc) is 3.57. The van der Waals surface area contributed by atoms with Crippen molar-refractivity contribution in [1.82, 2.24) is 0 Å². The molecule has 4 atom stereocenters. The number of hydrogen-bond donors (Lipinski definition) is 2. The first-order valence-corrected chi connectivity index (χ1v) is 20.5. The molecule has 0 saturated carbocycles. The number of aliphatic hydroxyl groups is 2. The third-order valence-corrected chi connectivity index (χ3v) is 12.5. The SMILES string of the molecule is C[C@H]1[C@H](C(C)(C)O)[C@@H](CCO)O[C@]12C(=O)N(Cc1ccc(N3C(=O)c4ccccc4Oc4ccccc43)cc1)c1ccc(N3C(=O)c4ccccc4Oc4ccccc43)cc12. The quantitative estimate of drug-likeness (QED) is 0.163. The Morgan fingerprint density at radius 2 is 1.15 bits per heavy atom. The molecular weight excluding hydrogens is 771 g/mol. The van der Waals surface area contributed by atoms with Crippen LogP contribution in [0.25, 0.3) is 0 Å². The molecule has 4 heterocycles. The van der Waals surface area contributed by atoms with Crippen molar-refractivity contribution in [2.24, 2.45) is 11.8 Å². The van der Waals surface area contributed by atoms with Crippen LogP contribution in [0.4, 0.5) is 28.4 Å². The lowest BCUT2D eigenvalue weighted by Crippen LogP contribution is -2.46. The van der Waals surface area contributed by atoms with E-state index in [0.717, 1.165) is 5.56 Å². The van der Waals surface area contributed by atoms with Gasteiger partial charge in [-0.25, -0.2) is 0 Å². The monoisotopic (exact) mass is 813 g/mol. The highest BCUT2D eigenvalue weighted by Crippen LogP contribution is 2.59. The minimum Gasteiger partial charge on any atom is -0.454 e. The van der Waals surface area contributed by atoms with Gasteiger partial charge in [0.05, 0.1) is 46.4 Å². The summed E-state index contributed by atoms with van der Waals surface area (Å²) in [5, 5.41) is 21.8. The molecule has 0 radical (unpaired) electrons. The average molecular weight is 814 g/mol. The Morgan fingerprint density at radius 3 is 1.70 bits per heavy atom. The third-order valence-electron chi connectivity index (χ3n) is 12.5. The van der Waals surface area contributed by atoms with E-state index in [9.17, 15) is 19.8 Å². The molecule has 61 heavy (non-hydrogen) atoms. The van der Waals surface area contributed by atoms with Crippen LogP contribution in [-0.2, 0) is 21.7 Å². The first kappa shape index (κ1) is 38.4.